The van der Waals surface area contributed by atoms with Crippen molar-refractivity contribution in [1.29, 1.82) is 0 Å². The second kappa shape index (κ2) is 9.09. The van der Waals surface area contributed by atoms with Crippen molar-refractivity contribution >= 4 is 13.9 Å². The lowest BCUT2D eigenvalue weighted by molar-refractivity contribution is 0.309. The third kappa shape index (κ3) is 5.45. The number of aromatic nitrogens is 1. The van der Waals surface area contributed by atoms with Crippen molar-refractivity contribution in [3.8, 4) is 22.6 Å². The number of rotatable bonds is 8. The van der Waals surface area contributed by atoms with Crippen molar-refractivity contribution in [3.05, 3.63) is 48.6 Å². The first-order chi connectivity index (χ1) is 13.5. The third-order valence-corrected chi connectivity index (χ3v) is 9.90. The first-order valence-corrected chi connectivity index (χ1v) is 12.7. The van der Waals surface area contributed by atoms with E-state index < -0.39 is 14.1 Å². The highest BCUT2D eigenvalue weighted by molar-refractivity contribution is 6.74. The zero-order valence-corrected chi connectivity index (χ0v) is 19.6. The van der Waals surface area contributed by atoms with Gasteiger partial charge in [-0.15, -0.1) is 0 Å². The van der Waals surface area contributed by atoms with Gasteiger partial charge in [0.05, 0.1) is 20.3 Å². The lowest BCUT2D eigenvalue weighted by atomic mass is 10.0. The standard InChI is InChI=1S/C23H32FNO3Si/c1-9-27-22-11-19(20(24)12-21(22)26-6)18-10-17(13-25-14-18)16(2)15-28-29(7,8)23(3,4)5/h10-14H,2,9,15H2,1,3-8H3. The summed E-state index contributed by atoms with van der Waals surface area (Å²) in [6.45, 7) is 17.9. The van der Waals surface area contributed by atoms with Gasteiger partial charge in [0.2, 0.25) is 0 Å². The van der Waals surface area contributed by atoms with Crippen LogP contribution in [-0.2, 0) is 4.43 Å². The largest absolute Gasteiger partial charge is 0.493 e. The van der Waals surface area contributed by atoms with Gasteiger partial charge in [-0.1, -0.05) is 27.4 Å². The van der Waals surface area contributed by atoms with Gasteiger partial charge in [-0.05, 0) is 48.3 Å². The average molecular weight is 418 g/mol. The summed E-state index contributed by atoms with van der Waals surface area (Å²) in [6, 6.07) is 4.86. The molecule has 1 aromatic carbocycles. The number of methoxy groups -OCH3 is 1. The number of halogens is 1. The van der Waals surface area contributed by atoms with Gasteiger partial charge < -0.3 is 13.9 Å². The second-order valence-corrected chi connectivity index (χ2v) is 13.3. The van der Waals surface area contributed by atoms with Crippen LogP contribution >= 0.6 is 0 Å². The molecule has 0 bridgehead atoms. The number of hydrogen-bond donors (Lipinski definition) is 0. The highest BCUT2D eigenvalue weighted by Gasteiger charge is 2.37. The predicted molar refractivity (Wildman–Crippen MR) is 120 cm³/mol. The molecule has 0 aliphatic heterocycles. The Morgan fingerprint density at radius 3 is 2.41 bits per heavy atom. The van der Waals surface area contributed by atoms with Crippen LogP contribution in [0.15, 0.2) is 37.2 Å². The molecule has 1 aromatic heterocycles. The predicted octanol–water partition coefficient (Wildman–Crippen LogP) is 6.33. The molecular weight excluding hydrogens is 385 g/mol. The normalized spacial score (nSPS) is 12.0. The lowest BCUT2D eigenvalue weighted by Gasteiger charge is -2.36. The van der Waals surface area contributed by atoms with Crippen LogP contribution in [0.2, 0.25) is 18.1 Å². The van der Waals surface area contributed by atoms with Gasteiger partial charge in [0.15, 0.2) is 19.8 Å². The van der Waals surface area contributed by atoms with Crippen LogP contribution in [0.1, 0.15) is 33.3 Å². The molecule has 4 nitrogen and oxygen atoms in total. The minimum Gasteiger partial charge on any atom is -0.493 e. The molecule has 0 aliphatic rings. The van der Waals surface area contributed by atoms with Crippen LogP contribution in [0, 0.1) is 5.82 Å². The lowest BCUT2D eigenvalue weighted by Crippen LogP contribution is -2.41. The highest BCUT2D eigenvalue weighted by atomic mass is 28.4. The molecule has 0 amide bonds. The number of benzene rings is 1. The molecule has 0 spiro atoms. The second-order valence-electron chi connectivity index (χ2n) is 8.53. The minimum absolute atomic E-state index is 0.120. The van der Waals surface area contributed by atoms with Gasteiger partial charge in [0.1, 0.15) is 5.82 Å². The van der Waals surface area contributed by atoms with Gasteiger partial charge in [-0.25, -0.2) is 4.39 Å². The molecule has 2 aromatic rings. The van der Waals surface area contributed by atoms with Crippen molar-refractivity contribution in [2.45, 2.75) is 45.8 Å². The van der Waals surface area contributed by atoms with Crippen LogP contribution in [0.5, 0.6) is 11.5 Å². The van der Waals surface area contributed by atoms with Crippen molar-refractivity contribution in [1.82, 2.24) is 4.98 Å². The Kier molecular flexibility index (Phi) is 7.24. The summed E-state index contributed by atoms with van der Waals surface area (Å²) >= 11 is 0. The first-order valence-electron chi connectivity index (χ1n) is 9.78. The summed E-state index contributed by atoms with van der Waals surface area (Å²) in [5.41, 5.74) is 2.70. The van der Waals surface area contributed by atoms with Crippen LogP contribution < -0.4 is 9.47 Å². The first kappa shape index (κ1) is 23.1. The van der Waals surface area contributed by atoms with Crippen LogP contribution in [0.3, 0.4) is 0 Å². The van der Waals surface area contributed by atoms with Gasteiger partial charge in [0, 0.05) is 29.6 Å². The summed E-state index contributed by atoms with van der Waals surface area (Å²) < 4.78 is 31.8. The van der Waals surface area contributed by atoms with Crippen molar-refractivity contribution in [3.63, 3.8) is 0 Å². The molecule has 158 valence electrons. The third-order valence-electron chi connectivity index (χ3n) is 5.42. The smallest absolute Gasteiger partial charge is 0.192 e. The van der Waals surface area contributed by atoms with Crippen molar-refractivity contribution in [2.24, 2.45) is 0 Å². The number of nitrogens with zero attached hydrogens (tertiary/aromatic N) is 1. The Morgan fingerprint density at radius 1 is 1.14 bits per heavy atom. The molecule has 0 unspecified atom stereocenters. The summed E-state index contributed by atoms with van der Waals surface area (Å²) in [5.74, 6) is 0.466. The maximum Gasteiger partial charge on any atom is 0.192 e. The van der Waals surface area contributed by atoms with E-state index in [9.17, 15) is 4.39 Å². The summed E-state index contributed by atoms with van der Waals surface area (Å²) in [6.07, 6.45) is 3.36. The zero-order valence-electron chi connectivity index (χ0n) is 18.6. The van der Waals surface area contributed by atoms with Crippen LogP contribution in [0.4, 0.5) is 4.39 Å². The summed E-state index contributed by atoms with van der Waals surface area (Å²) in [7, 11) is -0.394. The summed E-state index contributed by atoms with van der Waals surface area (Å²) in [5, 5.41) is 0.120. The van der Waals surface area contributed by atoms with Crippen molar-refractivity contribution in [2.75, 3.05) is 20.3 Å². The van der Waals surface area contributed by atoms with Gasteiger partial charge in [-0.2, -0.15) is 0 Å². The van der Waals surface area contributed by atoms with E-state index >= 15 is 0 Å². The average Bonchev–Trinajstić information content (AvgIpc) is 2.66. The van der Waals surface area contributed by atoms with E-state index in [1.54, 1.807) is 18.5 Å². The van der Waals surface area contributed by atoms with E-state index in [2.05, 4.69) is 45.4 Å². The van der Waals surface area contributed by atoms with E-state index in [0.29, 0.717) is 35.8 Å². The van der Waals surface area contributed by atoms with Crippen LogP contribution in [-0.4, -0.2) is 33.6 Å². The fourth-order valence-electron chi connectivity index (χ4n) is 2.53. The Morgan fingerprint density at radius 2 is 1.83 bits per heavy atom. The molecule has 1 heterocycles. The molecule has 29 heavy (non-hydrogen) atoms. The van der Waals surface area contributed by atoms with Gasteiger partial charge >= 0.3 is 0 Å². The molecule has 0 saturated heterocycles. The molecule has 0 saturated carbocycles. The Bertz CT molecular complexity index is 875. The SMILES string of the molecule is C=C(CO[Si](C)(C)C(C)(C)C)c1cncc(-c2cc(OCC)c(OC)cc2F)c1. The number of ether oxygens (including phenoxy) is 2. The Labute approximate surface area is 174 Å². The maximum absolute atomic E-state index is 14.7. The quantitative estimate of drug-likeness (QED) is 0.471. The van der Waals surface area contributed by atoms with Gasteiger partial charge in [0.25, 0.3) is 0 Å². The number of pyridine rings is 1. The van der Waals surface area contributed by atoms with Crippen LogP contribution in [0.25, 0.3) is 16.7 Å². The van der Waals surface area contributed by atoms with E-state index in [-0.39, 0.29) is 5.04 Å². The van der Waals surface area contributed by atoms with E-state index in [0.717, 1.165) is 11.1 Å². The number of hydrogen-bond acceptors (Lipinski definition) is 4. The van der Waals surface area contributed by atoms with E-state index in [1.165, 1.54) is 13.2 Å². The molecule has 0 fully saturated rings. The molecule has 0 N–H and O–H groups in total. The summed E-state index contributed by atoms with van der Waals surface area (Å²) in [4.78, 5) is 4.29. The zero-order chi connectivity index (χ0) is 21.8. The monoisotopic (exact) mass is 417 g/mol. The van der Waals surface area contributed by atoms with E-state index in [4.69, 9.17) is 13.9 Å². The molecule has 0 aliphatic carbocycles. The fraction of sp³-hybridized carbons (Fsp3) is 0.435. The Balaban J connectivity index is 2.30. The molecular formula is C23H32FNO3Si. The van der Waals surface area contributed by atoms with E-state index in [1.807, 2.05) is 13.0 Å². The van der Waals surface area contributed by atoms with Crippen molar-refractivity contribution < 1.29 is 18.3 Å². The fourth-order valence-corrected chi connectivity index (χ4v) is 3.50. The minimum atomic E-state index is -1.89. The Hall–Kier alpha value is -2.18. The maximum atomic E-state index is 14.7. The molecule has 0 radical (unpaired) electrons. The topological polar surface area (TPSA) is 40.6 Å². The van der Waals surface area contributed by atoms with Gasteiger partial charge in [-0.3, -0.25) is 4.98 Å². The molecule has 6 heteroatoms. The molecule has 0 atom stereocenters. The highest BCUT2D eigenvalue weighted by Crippen LogP contribution is 2.38. The molecule has 2 rings (SSSR count).